The average molecular weight is 373 g/mol. The van der Waals surface area contributed by atoms with Crippen LogP contribution in [0.5, 0.6) is 5.75 Å². The van der Waals surface area contributed by atoms with Crippen LogP contribution in [0.1, 0.15) is 68.8 Å². The zero-order valence-electron chi connectivity index (χ0n) is 17.1. The highest BCUT2D eigenvalue weighted by atomic mass is 16.6. The smallest absolute Gasteiger partial charge is 0.410 e. The van der Waals surface area contributed by atoms with Crippen molar-refractivity contribution in [3.05, 3.63) is 29.3 Å². The van der Waals surface area contributed by atoms with E-state index in [4.69, 9.17) is 9.47 Å². The second-order valence-corrected chi connectivity index (χ2v) is 8.84. The van der Waals surface area contributed by atoms with E-state index in [0.717, 1.165) is 30.6 Å². The molecule has 1 aromatic rings. The Morgan fingerprint density at radius 3 is 2.30 bits per heavy atom. The molecule has 3 rings (SSSR count). The van der Waals surface area contributed by atoms with Crippen molar-refractivity contribution in [2.24, 2.45) is 5.92 Å². The standard InChI is InChI=1S/C22H31NO4/c1-14-9-10-15(13-19(14)26-5)20(24)16-11-17-7-6-8-18(12-16)23(17)21(25)27-22(2,3)4/h9-10,13,16-18H,6-8,11-12H2,1-5H3. The van der Waals surface area contributed by atoms with E-state index in [0.29, 0.717) is 18.4 Å². The van der Waals surface area contributed by atoms with Crippen molar-refractivity contribution < 1.29 is 19.1 Å². The lowest BCUT2D eigenvalue weighted by molar-refractivity contribution is -0.0260. The van der Waals surface area contributed by atoms with E-state index >= 15 is 0 Å². The number of benzene rings is 1. The number of carbonyl (C=O) groups is 2. The summed E-state index contributed by atoms with van der Waals surface area (Å²) in [7, 11) is 1.63. The van der Waals surface area contributed by atoms with E-state index in [1.807, 2.05) is 50.8 Å². The van der Waals surface area contributed by atoms with Crippen LogP contribution >= 0.6 is 0 Å². The van der Waals surface area contributed by atoms with Crippen LogP contribution in [-0.4, -0.2) is 41.6 Å². The molecule has 1 aromatic carbocycles. The van der Waals surface area contributed by atoms with Crippen molar-refractivity contribution in [1.29, 1.82) is 0 Å². The number of amides is 1. The monoisotopic (exact) mass is 373 g/mol. The van der Waals surface area contributed by atoms with Crippen molar-refractivity contribution in [2.45, 2.75) is 77.5 Å². The van der Waals surface area contributed by atoms with Crippen LogP contribution < -0.4 is 4.74 Å². The number of piperidine rings is 2. The Balaban J connectivity index is 1.76. The number of ketones is 1. The molecule has 2 aliphatic rings. The van der Waals surface area contributed by atoms with Gasteiger partial charge in [0, 0.05) is 23.6 Å². The highest BCUT2D eigenvalue weighted by Crippen LogP contribution is 2.39. The topological polar surface area (TPSA) is 55.8 Å². The van der Waals surface area contributed by atoms with Crippen LogP contribution in [0.25, 0.3) is 0 Å². The summed E-state index contributed by atoms with van der Waals surface area (Å²) >= 11 is 0. The number of rotatable bonds is 3. The molecule has 2 aliphatic heterocycles. The summed E-state index contributed by atoms with van der Waals surface area (Å²) in [5.41, 5.74) is 1.22. The first kappa shape index (κ1) is 19.7. The molecule has 2 unspecified atom stereocenters. The summed E-state index contributed by atoms with van der Waals surface area (Å²) in [5.74, 6) is 0.854. The first-order valence-electron chi connectivity index (χ1n) is 9.90. The van der Waals surface area contributed by atoms with Crippen LogP contribution in [0.15, 0.2) is 18.2 Å². The van der Waals surface area contributed by atoms with Gasteiger partial charge in [-0.15, -0.1) is 0 Å². The summed E-state index contributed by atoms with van der Waals surface area (Å²) in [5, 5.41) is 0. The van der Waals surface area contributed by atoms with Crippen molar-refractivity contribution in [1.82, 2.24) is 4.90 Å². The highest BCUT2D eigenvalue weighted by molar-refractivity contribution is 5.98. The van der Waals surface area contributed by atoms with E-state index in [-0.39, 0.29) is 29.9 Å². The van der Waals surface area contributed by atoms with Gasteiger partial charge in [0.2, 0.25) is 0 Å². The molecule has 5 nitrogen and oxygen atoms in total. The van der Waals surface area contributed by atoms with Gasteiger partial charge in [-0.25, -0.2) is 4.79 Å². The minimum atomic E-state index is -0.503. The Hall–Kier alpha value is -2.04. The van der Waals surface area contributed by atoms with Crippen molar-refractivity contribution >= 4 is 11.9 Å². The van der Waals surface area contributed by atoms with E-state index in [1.54, 1.807) is 7.11 Å². The first-order chi connectivity index (χ1) is 12.7. The van der Waals surface area contributed by atoms with Gasteiger partial charge in [-0.05, 0) is 71.4 Å². The molecule has 2 saturated heterocycles. The zero-order chi connectivity index (χ0) is 19.8. The third-order valence-corrected chi connectivity index (χ3v) is 5.64. The van der Waals surface area contributed by atoms with Gasteiger partial charge in [0.1, 0.15) is 11.4 Å². The van der Waals surface area contributed by atoms with E-state index in [1.165, 1.54) is 0 Å². The van der Waals surface area contributed by atoms with E-state index < -0.39 is 5.60 Å². The second kappa shape index (κ2) is 7.53. The maximum atomic E-state index is 13.1. The Labute approximate surface area is 162 Å². The summed E-state index contributed by atoms with van der Waals surface area (Å²) in [6.07, 6.45) is 4.18. The maximum Gasteiger partial charge on any atom is 0.410 e. The van der Waals surface area contributed by atoms with Gasteiger partial charge in [-0.2, -0.15) is 0 Å². The number of fused-ring (bicyclic) bond motifs is 2. The van der Waals surface area contributed by atoms with Gasteiger partial charge in [-0.1, -0.05) is 12.1 Å². The third kappa shape index (κ3) is 4.28. The molecule has 2 bridgehead atoms. The number of methoxy groups -OCH3 is 1. The van der Waals surface area contributed by atoms with Crippen LogP contribution in [-0.2, 0) is 4.74 Å². The molecule has 0 N–H and O–H groups in total. The number of aryl methyl sites for hydroxylation is 1. The van der Waals surface area contributed by atoms with Gasteiger partial charge < -0.3 is 14.4 Å². The minimum absolute atomic E-state index is 0.0496. The van der Waals surface area contributed by atoms with Crippen molar-refractivity contribution in [3.63, 3.8) is 0 Å². The Kier molecular flexibility index (Phi) is 5.50. The third-order valence-electron chi connectivity index (χ3n) is 5.64. The predicted octanol–water partition coefficient (Wildman–Crippen LogP) is 4.75. The lowest BCUT2D eigenvalue weighted by Crippen LogP contribution is -2.56. The molecular formula is C22H31NO4. The van der Waals surface area contributed by atoms with E-state index in [9.17, 15) is 9.59 Å². The largest absolute Gasteiger partial charge is 0.496 e. The van der Waals surface area contributed by atoms with Gasteiger partial charge >= 0.3 is 6.09 Å². The molecule has 5 heteroatoms. The van der Waals surface area contributed by atoms with Crippen LogP contribution in [0.4, 0.5) is 4.79 Å². The fourth-order valence-electron chi connectivity index (χ4n) is 4.42. The molecule has 1 amide bonds. The number of hydrogen-bond acceptors (Lipinski definition) is 4. The minimum Gasteiger partial charge on any atom is -0.496 e. The number of carbonyl (C=O) groups excluding carboxylic acids is 2. The molecule has 148 valence electrons. The fraction of sp³-hybridized carbons (Fsp3) is 0.636. The maximum absolute atomic E-state index is 13.1. The van der Waals surface area contributed by atoms with Crippen LogP contribution in [0, 0.1) is 12.8 Å². The van der Waals surface area contributed by atoms with Gasteiger partial charge in [-0.3, -0.25) is 4.79 Å². The summed E-state index contributed by atoms with van der Waals surface area (Å²) in [6, 6.07) is 5.84. The molecule has 0 radical (unpaired) electrons. The van der Waals surface area contributed by atoms with Gasteiger partial charge in [0.25, 0.3) is 0 Å². The van der Waals surface area contributed by atoms with Crippen LogP contribution in [0.3, 0.4) is 0 Å². The normalized spacial score (nSPS) is 25.1. The molecule has 2 atom stereocenters. The summed E-state index contributed by atoms with van der Waals surface area (Å²) in [6.45, 7) is 7.64. The molecule has 27 heavy (non-hydrogen) atoms. The SMILES string of the molecule is COc1cc(C(=O)C2CC3CCCC(C2)N3C(=O)OC(C)(C)C)ccc1C. The van der Waals surface area contributed by atoms with Gasteiger partial charge in [0.15, 0.2) is 5.78 Å². The molecule has 0 saturated carbocycles. The Morgan fingerprint density at radius 1 is 1.11 bits per heavy atom. The predicted molar refractivity (Wildman–Crippen MR) is 104 cm³/mol. The van der Waals surface area contributed by atoms with Gasteiger partial charge in [0.05, 0.1) is 7.11 Å². The zero-order valence-corrected chi connectivity index (χ0v) is 17.1. The average Bonchev–Trinajstić information content (AvgIpc) is 2.59. The molecule has 2 heterocycles. The number of hydrogen-bond donors (Lipinski definition) is 0. The van der Waals surface area contributed by atoms with Crippen LogP contribution in [0.2, 0.25) is 0 Å². The van der Waals surface area contributed by atoms with E-state index in [2.05, 4.69) is 0 Å². The Bertz CT molecular complexity index is 708. The number of ether oxygens (including phenoxy) is 2. The molecule has 0 spiro atoms. The molecular weight excluding hydrogens is 342 g/mol. The van der Waals surface area contributed by atoms with Crippen molar-refractivity contribution in [3.8, 4) is 5.75 Å². The summed E-state index contributed by atoms with van der Waals surface area (Å²) < 4.78 is 11.0. The molecule has 0 aliphatic carbocycles. The molecule has 2 fully saturated rings. The van der Waals surface area contributed by atoms with Crippen molar-refractivity contribution in [2.75, 3.05) is 7.11 Å². The lowest BCUT2D eigenvalue weighted by Gasteiger charge is -2.48. The lowest BCUT2D eigenvalue weighted by atomic mass is 9.76. The highest BCUT2D eigenvalue weighted by Gasteiger charge is 2.44. The number of Topliss-reactive ketones (excluding diaryl/α,β-unsaturated/α-hetero) is 1. The molecule has 0 aromatic heterocycles. The quantitative estimate of drug-likeness (QED) is 0.717. The second-order valence-electron chi connectivity index (χ2n) is 8.84. The summed E-state index contributed by atoms with van der Waals surface area (Å²) in [4.78, 5) is 27.7. The fourth-order valence-corrected chi connectivity index (χ4v) is 4.42. The number of nitrogens with zero attached hydrogens (tertiary/aromatic N) is 1. The Morgan fingerprint density at radius 2 is 1.74 bits per heavy atom. The first-order valence-corrected chi connectivity index (χ1v) is 9.90.